The van der Waals surface area contributed by atoms with Crippen LogP contribution in [0.2, 0.25) is 0 Å². The summed E-state index contributed by atoms with van der Waals surface area (Å²) < 4.78 is 6.13. The highest BCUT2D eigenvalue weighted by Gasteiger charge is 2.20. The molecule has 8 aromatic rings. The predicted octanol–water partition coefficient (Wildman–Crippen LogP) is 10.9. The largest absolute Gasteiger partial charge is 0.464 e. The van der Waals surface area contributed by atoms with Crippen LogP contribution in [-0.2, 0) is 0 Å². The molecule has 182 valence electrons. The topological polar surface area (TPSA) is 13.1 Å². The van der Waals surface area contributed by atoms with E-state index in [0.717, 1.165) is 22.1 Å². The molecule has 0 saturated heterocycles. The van der Waals surface area contributed by atoms with E-state index in [9.17, 15) is 0 Å². The Balaban J connectivity index is 1.50. The molecule has 1 heteroatoms. The van der Waals surface area contributed by atoms with Crippen molar-refractivity contribution in [1.29, 1.82) is 0 Å². The van der Waals surface area contributed by atoms with E-state index in [2.05, 4.69) is 133 Å². The molecule has 0 saturated carbocycles. The number of benzene rings is 7. The summed E-state index contributed by atoms with van der Waals surface area (Å²) in [6.07, 6.45) is 1.81. The van der Waals surface area contributed by atoms with Crippen LogP contribution in [0.4, 0.5) is 0 Å². The highest BCUT2D eigenvalue weighted by atomic mass is 16.3. The molecule has 0 aliphatic heterocycles. The molecule has 0 unspecified atom stereocenters. The third-order valence-corrected chi connectivity index (χ3v) is 7.96. The number of hydrogen-bond donors (Lipinski definition) is 0. The number of hydrogen-bond acceptors (Lipinski definition) is 1. The predicted molar refractivity (Wildman–Crippen MR) is 165 cm³/mol. The summed E-state index contributed by atoms with van der Waals surface area (Å²) >= 11 is 0. The molecule has 1 heterocycles. The van der Waals surface area contributed by atoms with Crippen molar-refractivity contribution in [2.75, 3.05) is 0 Å². The Morgan fingerprint density at radius 2 is 0.846 bits per heavy atom. The molecule has 0 spiro atoms. The SMILES string of the molecule is c1ccc(-c2ccc(-c3c4ccccc4c(-c4cccc5ccccc45)c4ccccc34)c3ccoc23)cc1. The Labute approximate surface area is 226 Å². The molecule has 1 nitrogen and oxygen atoms in total. The summed E-state index contributed by atoms with van der Waals surface area (Å²) in [5.41, 5.74) is 8.17. The van der Waals surface area contributed by atoms with Gasteiger partial charge in [0.05, 0.1) is 6.26 Å². The fourth-order valence-electron chi connectivity index (χ4n) is 6.28. The average Bonchev–Trinajstić information content (AvgIpc) is 3.50. The lowest BCUT2D eigenvalue weighted by Gasteiger charge is -2.19. The van der Waals surface area contributed by atoms with Crippen LogP contribution in [0.15, 0.2) is 150 Å². The van der Waals surface area contributed by atoms with Crippen molar-refractivity contribution in [1.82, 2.24) is 0 Å². The van der Waals surface area contributed by atoms with Crippen LogP contribution < -0.4 is 0 Å². The first kappa shape index (κ1) is 21.9. The quantitative estimate of drug-likeness (QED) is 0.222. The molecule has 0 radical (unpaired) electrons. The Bertz CT molecular complexity index is 2100. The standard InChI is InChI=1S/C38H24O/c1-2-11-26(12-3-1)28-21-22-34(35-23-24-39-38(28)35)37-32-18-8-6-16-30(32)36(31-17-7-9-19-33(31)37)29-20-10-14-25-13-4-5-15-27(25)29/h1-24H. The van der Waals surface area contributed by atoms with Gasteiger partial charge in [0.1, 0.15) is 5.58 Å². The summed E-state index contributed by atoms with van der Waals surface area (Å²) in [6.45, 7) is 0. The summed E-state index contributed by atoms with van der Waals surface area (Å²) in [6, 6.07) is 50.1. The number of furan rings is 1. The number of rotatable bonds is 3. The van der Waals surface area contributed by atoms with Crippen molar-refractivity contribution < 1.29 is 4.42 Å². The monoisotopic (exact) mass is 496 g/mol. The van der Waals surface area contributed by atoms with Crippen LogP contribution in [0.5, 0.6) is 0 Å². The van der Waals surface area contributed by atoms with Crippen LogP contribution in [0.1, 0.15) is 0 Å². The Morgan fingerprint density at radius 3 is 1.51 bits per heavy atom. The van der Waals surface area contributed by atoms with Crippen molar-refractivity contribution in [3.63, 3.8) is 0 Å². The van der Waals surface area contributed by atoms with Gasteiger partial charge in [-0.3, -0.25) is 0 Å². The van der Waals surface area contributed by atoms with Gasteiger partial charge in [-0.25, -0.2) is 0 Å². The van der Waals surface area contributed by atoms with Gasteiger partial charge in [-0.05, 0) is 72.3 Å². The minimum absolute atomic E-state index is 0.921. The molecule has 7 aromatic carbocycles. The van der Waals surface area contributed by atoms with Crippen molar-refractivity contribution in [3.05, 3.63) is 146 Å². The van der Waals surface area contributed by atoms with Gasteiger partial charge in [-0.1, -0.05) is 127 Å². The van der Waals surface area contributed by atoms with Crippen molar-refractivity contribution >= 4 is 43.3 Å². The average molecular weight is 497 g/mol. The van der Waals surface area contributed by atoms with Gasteiger partial charge in [0.15, 0.2) is 0 Å². The first-order valence-corrected chi connectivity index (χ1v) is 13.4. The Kier molecular flexibility index (Phi) is 4.89. The molecule has 0 aliphatic carbocycles. The van der Waals surface area contributed by atoms with Gasteiger partial charge in [0.25, 0.3) is 0 Å². The van der Waals surface area contributed by atoms with E-state index in [4.69, 9.17) is 4.42 Å². The molecule has 1 aromatic heterocycles. The molecule has 0 atom stereocenters. The molecular formula is C38H24O. The molecule has 39 heavy (non-hydrogen) atoms. The normalized spacial score (nSPS) is 11.6. The van der Waals surface area contributed by atoms with Gasteiger partial charge in [0.2, 0.25) is 0 Å². The van der Waals surface area contributed by atoms with Gasteiger partial charge in [0, 0.05) is 10.9 Å². The zero-order valence-corrected chi connectivity index (χ0v) is 21.3. The van der Waals surface area contributed by atoms with E-state index >= 15 is 0 Å². The lowest BCUT2D eigenvalue weighted by Crippen LogP contribution is -1.92. The Morgan fingerprint density at radius 1 is 0.333 bits per heavy atom. The summed E-state index contributed by atoms with van der Waals surface area (Å²) in [7, 11) is 0. The van der Waals surface area contributed by atoms with E-state index < -0.39 is 0 Å². The van der Waals surface area contributed by atoms with Crippen LogP contribution in [-0.4, -0.2) is 0 Å². The molecule has 0 amide bonds. The van der Waals surface area contributed by atoms with Gasteiger partial charge < -0.3 is 4.42 Å². The lowest BCUT2D eigenvalue weighted by molar-refractivity contribution is 0.617. The fourth-order valence-corrected chi connectivity index (χ4v) is 6.28. The van der Waals surface area contributed by atoms with Gasteiger partial charge >= 0.3 is 0 Å². The maximum Gasteiger partial charge on any atom is 0.142 e. The Hall–Kier alpha value is -5.14. The van der Waals surface area contributed by atoms with E-state index in [1.165, 1.54) is 54.6 Å². The minimum Gasteiger partial charge on any atom is -0.464 e. The van der Waals surface area contributed by atoms with Gasteiger partial charge in [-0.15, -0.1) is 0 Å². The third-order valence-electron chi connectivity index (χ3n) is 7.96. The smallest absolute Gasteiger partial charge is 0.142 e. The zero-order chi connectivity index (χ0) is 25.8. The first-order valence-electron chi connectivity index (χ1n) is 13.4. The van der Waals surface area contributed by atoms with E-state index in [0.29, 0.717) is 0 Å². The van der Waals surface area contributed by atoms with Crippen molar-refractivity contribution in [2.24, 2.45) is 0 Å². The molecule has 0 aliphatic rings. The lowest BCUT2D eigenvalue weighted by atomic mass is 9.84. The maximum absolute atomic E-state index is 6.13. The van der Waals surface area contributed by atoms with Gasteiger partial charge in [-0.2, -0.15) is 0 Å². The van der Waals surface area contributed by atoms with E-state index in [1.54, 1.807) is 0 Å². The third kappa shape index (κ3) is 3.34. The molecule has 0 bridgehead atoms. The first-order chi connectivity index (χ1) is 19.4. The zero-order valence-electron chi connectivity index (χ0n) is 21.3. The number of fused-ring (bicyclic) bond motifs is 4. The summed E-state index contributed by atoms with van der Waals surface area (Å²) in [5.74, 6) is 0. The van der Waals surface area contributed by atoms with Crippen LogP contribution in [0.3, 0.4) is 0 Å². The second-order valence-corrected chi connectivity index (χ2v) is 10.1. The second kappa shape index (κ2) is 8.72. The van der Waals surface area contributed by atoms with Crippen LogP contribution in [0.25, 0.3) is 76.7 Å². The molecule has 0 fully saturated rings. The molecule has 8 rings (SSSR count). The van der Waals surface area contributed by atoms with Crippen LogP contribution in [0, 0.1) is 0 Å². The summed E-state index contributed by atoms with van der Waals surface area (Å²) in [5, 5.41) is 8.65. The van der Waals surface area contributed by atoms with Crippen molar-refractivity contribution in [3.8, 4) is 33.4 Å². The molecule has 0 N–H and O–H groups in total. The fraction of sp³-hybridized carbons (Fsp3) is 0. The summed E-state index contributed by atoms with van der Waals surface area (Å²) in [4.78, 5) is 0. The maximum atomic E-state index is 6.13. The van der Waals surface area contributed by atoms with E-state index in [-0.39, 0.29) is 0 Å². The van der Waals surface area contributed by atoms with Crippen molar-refractivity contribution in [2.45, 2.75) is 0 Å². The van der Waals surface area contributed by atoms with E-state index in [1.807, 2.05) is 12.3 Å². The highest BCUT2D eigenvalue weighted by molar-refractivity contribution is 6.25. The second-order valence-electron chi connectivity index (χ2n) is 10.1. The minimum atomic E-state index is 0.921. The molecular weight excluding hydrogens is 472 g/mol. The highest BCUT2D eigenvalue weighted by Crippen LogP contribution is 2.47. The van der Waals surface area contributed by atoms with Crippen LogP contribution >= 0.6 is 0 Å².